The molecule has 1 aliphatic carbocycles. The number of aryl methyl sites for hydroxylation is 1. The minimum absolute atomic E-state index is 0.0204. The number of hydrogen-bond acceptors (Lipinski definition) is 6. The average molecular weight is 489 g/mol. The second-order valence-electron chi connectivity index (χ2n) is 8.47. The quantitative estimate of drug-likeness (QED) is 0.527. The van der Waals surface area contributed by atoms with Gasteiger partial charge in [-0.25, -0.2) is 14.2 Å². The van der Waals surface area contributed by atoms with Crippen LogP contribution in [0.2, 0.25) is 0 Å². The molecule has 3 rings (SSSR count). The first-order valence-corrected chi connectivity index (χ1v) is 11.5. The molecular formula is C24H29ClN4O5. The Hall–Kier alpha value is -3.33. The van der Waals surface area contributed by atoms with Crippen molar-refractivity contribution in [1.29, 1.82) is 0 Å². The van der Waals surface area contributed by atoms with Crippen molar-refractivity contribution in [3.05, 3.63) is 79.3 Å². The predicted octanol–water partition coefficient (Wildman–Crippen LogP) is 3.24. The lowest BCUT2D eigenvalue weighted by atomic mass is 10.1. The topological polar surface area (TPSA) is 115 Å². The van der Waals surface area contributed by atoms with Gasteiger partial charge in [-0.3, -0.25) is 9.36 Å². The highest BCUT2D eigenvalue weighted by Gasteiger charge is 2.21. The van der Waals surface area contributed by atoms with Crippen LogP contribution in [0.25, 0.3) is 0 Å². The summed E-state index contributed by atoms with van der Waals surface area (Å²) in [6.07, 6.45) is 4.00. The number of halogens is 1. The summed E-state index contributed by atoms with van der Waals surface area (Å²) in [5.41, 5.74) is 0.652. The van der Waals surface area contributed by atoms with Gasteiger partial charge < -0.3 is 15.2 Å². The van der Waals surface area contributed by atoms with Gasteiger partial charge in [0.2, 0.25) is 5.95 Å². The molecule has 1 aromatic heterocycles. The lowest BCUT2D eigenvalue weighted by Crippen LogP contribution is -2.44. The van der Waals surface area contributed by atoms with Crippen LogP contribution in [-0.4, -0.2) is 37.3 Å². The number of carbonyl (C=O) groups is 1. The van der Waals surface area contributed by atoms with Gasteiger partial charge in [-0.2, -0.15) is 4.98 Å². The predicted molar refractivity (Wildman–Crippen MR) is 130 cm³/mol. The number of benzene rings is 1. The van der Waals surface area contributed by atoms with Gasteiger partial charge >= 0.3 is 17.3 Å². The molecule has 2 N–H and O–H groups in total. The smallest absolute Gasteiger partial charge is 0.354 e. The fourth-order valence-electron chi connectivity index (χ4n) is 3.52. The number of anilines is 1. The molecule has 0 radical (unpaired) electrons. The maximum atomic E-state index is 13.3. The van der Waals surface area contributed by atoms with E-state index in [1.807, 2.05) is 51.1 Å². The Morgan fingerprint density at radius 2 is 1.97 bits per heavy atom. The molecule has 0 bridgehead atoms. The fraction of sp³-hybridized carbons (Fsp3) is 0.417. The van der Waals surface area contributed by atoms with Gasteiger partial charge in [0.1, 0.15) is 5.76 Å². The minimum atomic E-state index is -0.992. The molecule has 0 aliphatic heterocycles. The van der Waals surface area contributed by atoms with Gasteiger partial charge in [0, 0.05) is 19.4 Å². The average Bonchev–Trinajstić information content (AvgIpc) is 2.76. The van der Waals surface area contributed by atoms with Gasteiger partial charge in [0.05, 0.1) is 23.7 Å². The Balaban J connectivity index is 1.92. The van der Waals surface area contributed by atoms with Crippen LogP contribution in [0.1, 0.15) is 44.2 Å². The molecule has 1 aromatic carbocycles. The van der Waals surface area contributed by atoms with Crippen molar-refractivity contribution in [2.24, 2.45) is 0 Å². The van der Waals surface area contributed by atoms with Crippen LogP contribution < -0.4 is 16.7 Å². The van der Waals surface area contributed by atoms with E-state index in [1.54, 1.807) is 6.08 Å². The van der Waals surface area contributed by atoms with Gasteiger partial charge in [0.15, 0.2) is 0 Å². The molecule has 0 amide bonds. The zero-order chi connectivity index (χ0) is 24.8. The first-order chi connectivity index (χ1) is 16.1. The third-order valence-electron chi connectivity index (χ3n) is 5.21. The number of ether oxygens (including phenoxy) is 1. The molecule has 9 nitrogen and oxygen atoms in total. The molecule has 0 spiro atoms. The SMILES string of the molecule is Cc1ccc(Cn2c(NC3C=CC(OC(C)C)=C(Cl)C3)nc(=O)n(CCCC(=O)O)c2=O)cc1. The molecule has 2 aromatic rings. The van der Waals surface area contributed by atoms with Crippen LogP contribution in [-0.2, 0) is 22.6 Å². The van der Waals surface area contributed by atoms with Gasteiger partial charge in [0.25, 0.3) is 0 Å². The molecule has 0 saturated carbocycles. The maximum Gasteiger partial charge on any atom is 0.354 e. The number of carboxylic acids is 1. The second kappa shape index (κ2) is 11.2. The zero-order valence-corrected chi connectivity index (χ0v) is 20.2. The van der Waals surface area contributed by atoms with Crippen LogP contribution in [0.4, 0.5) is 5.95 Å². The van der Waals surface area contributed by atoms with E-state index in [0.717, 1.165) is 15.7 Å². The molecular weight excluding hydrogens is 460 g/mol. The van der Waals surface area contributed by atoms with E-state index in [2.05, 4.69) is 10.3 Å². The van der Waals surface area contributed by atoms with Crippen molar-refractivity contribution in [1.82, 2.24) is 14.1 Å². The van der Waals surface area contributed by atoms with E-state index in [1.165, 1.54) is 4.57 Å². The normalized spacial score (nSPS) is 15.6. The van der Waals surface area contributed by atoms with E-state index in [4.69, 9.17) is 21.4 Å². The summed E-state index contributed by atoms with van der Waals surface area (Å²) in [7, 11) is 0. The molecule has 1 aliphatic rings. The summed E-state index contributed by atoms with van der Waals surface area (Å²) < 4.78 is 8.05. The number of aliphatic carboxylic acids is 1. The third-order valence-corrected chi connectivity index (χ3v) is 5.55. The highest BCUT2D eigenvalue weighted by molar-refractivity contribution is 6.30. The Labute approximate surface area is 202 Å². The van der Waals surface area contributed by atoms with E-state index >= 15 is 0 Å². The molecule has 10 heteroatoms. The molecule has 1 heterocycles. The Morgan fingerprint density at radius 1 is 1.26 bits per heavy atom. The van der Waals surface area contributed by atoms with E-state index in [0.29, 0.717) is 17.2 Å². The standard InChI is InChI=1S/C24H29ClN4O5/c1-15(2)34-20-11-10-18(13-19(20)25)26-22-27-23(32)28(12-4-5-21(30)31)24(33)29(22)14-17-8-6-16(3)7-9-17/h6-11,15,18H,4-5,12-14H2,1-3H3,(H,30,31)(H,26,27,32). The summed E-state index contributed by atoms with van der Waals surface area (Å²) in [6, 6.07) is 7.39. The van der Waals surface area contributed by atoms with Crippen molar-refractivity contribution in [2.75, 3.05) is 5.32 Å². The number of allylic oxidation sites excluding steroid dienone is 1. The van der Waals surface area contributed by atoms with Crippen LogP contribution >= 0.6 is 11.6 Å². The summed E-state index contributed by atoms with van der Waals surface area (Å²) in [5, 5.41) is 12.6. The monoisotopic (exact) mass is 488 g/mol. The molecule has 1 atom stereocenters. The van der Waals surface area contributed by atoms with Crippen molar-refractivity contribution in [3.8, 4) is 0 Å². The molecule has 182 valence electrons. The van der Waals surface area contributed by atoms with Crippen molar-refractivity contribution < 1.29 is 14.6 Å². The highest BCUT2D eigenvalue weighted by atomic mass is 35.5. The number of carboxylic acid groups (broad SMARTS) is 1. The summed E-state index contributed by atoms with van der Waals surface area (Å²) in [5.74, 6) is -0.278. The Kier molecular flexibility index (Phi) is 8.33. The molecule has 34 heavy (non-hydrogen) atoms. The van der Waals surface area contributed by atoms with Crippen molar-refractivity contribution in [2.45, 2.75) is 65.3 Å². The minimum Gasteiger partial charge on any atom is -0.490 e. The van der Waals surface area contributed by atoms with Crippen LogP contribution in [0, 0.1) is 6.92 Å². The summed E-state index contributed by atoms with van der Waals surface area (Å²) >= 11 is 6.40. The number of nitrogens with one attached hydrogen (secondary N) is 1. The Bertz CT molecular complexity index is 1210. The van der Waals surface area contributed by atoms with Crippen LogP contribution in [0.5, 0.6) is 0 Å². The summed E-state index contributed by atoms with van der Waals surface area (Å²) in [6.45, 7) is 5.95. The second-order valence-corrected chi connectivity index (χ2v) is 8.93. The van der Waals surface area contributed by atoms with Crippen molar-refractivity contribution >= 4 is 23.5 Å². The maximum absolute atomic E-state index is 13.3. The Morgan fingerprint density at radius 3 is 2.59 bits per heavy atom. The zero-order valence-electron chi connectivity index (χ0n) is 19.5. The third kappa shape index (κ3) is 6.60. The van der Waals surface area contributed by atoms with Crippen LogP contribution in [0.3, 0.4) is 0 Å². The number of aromatic nitrogens is 3. The first kappa shape index (κ1) is 25.3. The number of nitrogens with zero attached hydrogens (tertiary/aromatic N) is 3. The van der Waals surface area contributed by atoms with Gasteiger partial charge in [-0.1, -0.05) is 47.5 Å². The van der Waals surface area contributed by atoms with E-state index in [-0.39, 0.29) is 44.0 Å². The lowest BCUT2D eigenvalue weighted by molar-refractivity contribution is -0.137. The van der Waals surface area contributed by atoms with Gasteiger partial charge in [-0.15, -0.1) is 0 Å². The lowest BCUT2D eigenvalue weighted by Gasteiger charge is -2.23. The first-order valence-electron chi connectivity index (χ1n) is 11.1. The van der Waals surface area contributed by atoms with E-state index < -0.39 is 17.3 Å². The molecule has 0 fully saturated rings. The van der Waals surface area contributed by atoms with Gasteiger partial charge in [-0.05, 0) is 38.8 Å². The number of hydrogen-bond donors (Lipinski definition) is 2. The van der Waals surface area contributed by atoms with Crippen LogP contribution in [0.15, 0.2) is 56.8 Å². The molecule has 0 saturated heterocycles. The molecule has 1 unspecified atom stereocenters. The van der Waals surface area contributed by atoms with Crippen molar-refractivity contribution in [3.63, 3.8) is 0 Å². The largest absolute Gasteiger partial charge is 0.490 e. The fourth-order valence-corrected chi connectivity index (χ4v) is 3.79. The summed E-state index contributed by atoms with van der Waals surface area (Å²) in [4.78, 5) is 40.9. The number of rotatable bonds is 10. The van der Waals surface area contributed by atoms with E-state index in [9.17, 15) is 14.4 Å². The highest BCUT2D eigenvalue weighted by Crippen LogP contribution is 2.26.